The summed E-state index contributed by atoms with van der Waals surface area (Å²) < 4.78 is 0. The van der Waals surface area contributed by atoms with E-state index in [-0.39, 0.29) is 0 Å². The number of allylic oxidation sites excluding steroid dienone is 1. The summed E-state index contributed by atoms with van der Waals surface area (Å²) in [5, 5.41) is 15.8. The van der Waals surface area contributed by atoms with Crippen molar-refractivity contribution in [3.8, 4) is 0 Å². The first-order chi connectivity index (χ1) is 8.90. The number of aliphatic hydroxyl groups is 1. The zero-order chi connectivity index (χ0) is 14.7. The molecule has 6 heteroatoms. The molecule has 0 aliphatic rings. The van der Waals surface area contributed by atoms with Crippen LogP contribution < -0.4 is 16.3 Å². The van der Waals surface area contributed by atoms with Gasteiger partial charge in [0.15, 0.2) is 5.76 Å². The summed E-state index contributed by atoms with van der Waals surface area (Å²) in [5.41, 5.74) is 2.61. The largest absolute Gasteiger partial charge is 0.390 e. The maximum absolute atomic E-state index is 9.63. The SMILES string of the molecule is C=CCONO/C(CNC)=C(\C)NCCC(C)(C)O. The van der Waals surface area contributed by atoms with Crippen molar-refractivity contribution in [3.05, 3.63) is 24.1 Å². The molecule has 0 aromatic carbocycles. The highest BCUT2D eigenvalue weighted by Gasteiger charge is 2.12. The van der Waals surface area contributed by atoms with Crippen LogP contribution in [0.15, 0.2) is 24.1 Å². The Morgan fingerprint density at radius 1 is 1.42 bits per heavy atom. The van der Waals surface area contributed by atoms with Gasteiger partial charge in [-0.1, -0.05) is 6.08 Å². The van der Waals surface area contributed by atoms with Crippen molar-refractivity contribution in [3.63, 3.8) is 0 Å². The van der Waals surface area contributed by atoms with E-state index in [1.165, 1.54) is 0 Å². The van der Waals surface area contributed by atoms with Crippen molar-refractivity contribution in [1.29, 1.82) is 0 Å². The minimum Gasteiger partial charge on any atom is -0.390 e. The third-order valence-electron chi connectivity index (χ3n) is 2.31. The van der Waals surface area contributed by atoms with Gasteiger partial charge in [0.05, 0.1) is 18.8 Å². The summed E-state index contributed by atoms with van der Waals surface area (Å²) in [6.45, 7) is 10.6. The standard InChI is InChI=1S/C13H27N3O3/c1-6-9-18-16-19-12(10-14-5)11(2)15-8-7-13(3,4)17/h6,14-17H,1,7-10H2,2-5H3/b12-11+. The Kier molecular flexibility index (Phi) is 9.24. The lowest BCUT2D eigenvalue weighted by Crippen LogP contribution is -2.29. The van der Waals surface area contributed by atoms with Gasteiger partial charge in [0.2, 0.25) is 0 Å². The van der Waals surface area contributed by atoms with Crippen LogP contribution in [0.3, 0.4) is 0 Å². The Labute approximate surface area is 115 Å². The highest BCUT2D eigenvalue weighted by atomic mass is 16.9. The Morgan fingerprint density at radius 3 is 2.63 bits per heavy atom. The van der Waals surface area contributed by atoms with Gasteiger partial charge >= 0.3 is 0 Å². The molecule has 0 bridgehead atoms. The first-order valence-corrected chi connectivity index (χ1v) is 6.36. The second kappa shape index (κ2) is 9.80. The average molecular weight is 273 g/mol. The van der Waals surface area contributed by atoms with Gasteiger partial charge in [-0.3, -0.25) is 4.84 Å². The number of nitrogens with one attached hydrogen (secondary N) is 3. The summed E-state index contributed by atoms with van der Waals surface area (Å²) in [6.07, 6.45) is 2.27. The molecule has 112 valence electrons. The van der Waals surface area contributed by atoms with Gasteiger partial charge in [0.1, 0.15) is 0 Å². The van der Waals surface area contributed by atoms with E-state index in [0.29, 0.717) is 31.9 Å². The summed E-state index contributed by atoms with van der Waals surface area (Å²) in [7, 11) is 1.83. The highest BCUT2D eigenvalue weighted by molar-refractivity contribution is 5.05. The van der Waals surface area contributed by atoms with E-state index in [2.05, 4.69) is 22.9 Å². The molecule has 0 amide bonds. The van der Waals surface area contributed by atoms with Crippen molar-refractivity contribution >= 4 is 0 Å². The van der Waals surface area contributed by atoms with Crippen molar-refractivity contribution in [2.24, 2.45) is 0 Å². The minimum atomic E-state index is -0.678. The molecule has 0 saturated heterocycles. The van der Waals surface area contributed by atoms with Crippen molar-refractivity contribution in [1.82, 2.24) is 16.3 Å². The molecule has 0 unspecified atom stereocenters. The van der Waals surface area contributed by atoms with Crippen molar-refractivity contribution < 1.29 is 14.8 Å². The predicted octanol–water partition coefficient (Wildman–Crippen LogP) is 0.827. The molecule has 19 heavy (non-hydrogen) atoms. The smallest absolute Gasteiger partial charge is 0.159 e. The van der Waals surface area contributed by atoms with Gasteiger partial charge in [-0.2, -0.15) is 0 Å². The van der Waals surface area contributed by atoms with Crippen molar-refractivity contribution in [2.45, 2.75) is 32.8 Å². The minimum absolute atomic E-state index is 0.359. The Morgan fingerprint density at radius 2 is 2.11 bits per heavy atom. The first kappa shape index (κ1) is 17.9. The lowest BCUT2D eigenvalue weighted by Gasteiger charge is -2.19. The molecule has 0 atom stereocenters. The molecule has 0 aromatic heterocycles. The molecular weight excluding hydrogens is 246 g/mol. The van der Waals surface area contributed by atoms with Gasteiger partial charge in [-0.05, 0) is 39.9 Å². The van der Waals surface area contributed by atoms with Crippen LogP contribution in [0, 0.1) is 0 Å². The van der Waals surface area contributed by atoms with Crippen LogP contribution >= 0.6 is 0 Å². The molecule has 6 nitrogen and oxygen atoms in total. The molecule has 0 saturated carbocycles. The summed E-state index contributed by atoms with van der Waals surface area (Å²) in [5.74, 6) is 0.697. The maximum Gasteiger partial charge on any atom is 0.159 e. The van der Waals surface area contributed by atoms with Gasteiger partial charge in [-0.15, -0.1) is 6.58 Å². The Balaban J connectivity index is 4.20. The van der Waals surface area contributed by atoms with Crippen LogP contribution in [0.1, 0.15) is 27.2 Å². The normalized spacial score (nSPS) is 12.9. The number of rotatable bonds is 11. The van der Waals surface area contributed by atoms with E-state index >= 15 is 0 Å². The monoisotopic (exact) mass is 273 g/mol. The molecule has 0 radical (unpaired) electrons. The molecule has 0 aliphatic heterocycles. The van der Waals surface area contributed by atoms with Crippen LogP contribution in [0.2, 0.25) is 0 Å². The van der Waals surface area contributed by atoms with E-state index in [4.69, 9.17) is 9.68 Å². The lowest BCUT2D eigenvalue weighted by molar-refractivity contribution is -0.137. The lowest BCUT2D eigenvalue weighted by atomic mass is 10.1. The average Bonchev–Trinajstić information content (AvgIpc) is 2.31. The Hall–Kier alpha value is -1.08. The molecule has 0 spiro atoms. The predicted molar refractivity (Wildman–Crippen MR) is 75.9 cm³/mol. The van der Waals surface area contributed by atoms with Gasteiger partial charge in [0, 0.05) is 12.2 Å². The first-order valence-electron chi connectivity index (χ1n) is 6.36. The van der Waals surface area contributed by atoms with E-state index in [1.807, 2.05) is 14.0 Å². The van der Waals surface area contributed by atoms with Crippen LogP contribution in [0.5, 0.6) is 0 Å². The van der Waals surface area contributed by atoms with Crippen LogP contribution in [-0.4, -0.2) is 37.5 Å². The fraction of sp³-hybridized carbons (Fsp3) is 0.692. The topological polar surface area (TPSA) is 74.8 Å². The zero-order valence-electron chi connectivity index (χ0n) is 12.4. The number of likely N-dealkylation sites (N-methyl/N-ethyl adjacent to an activating group) is 1. The zero-order valence-corrected chi connectivity index (χ0v) is 12.4. The molecule has 0 heterocycles. The molecule has 0 rings (SSSR count). The fourth-order valence-corrected chi connectivity index (χ4v) is 1.23. The van der Waals surface area contributed by atoms with Gasteiger partial charge in [-0.25, -0.2) is 0 Å². The number of hydrogen-bond acceptors (Lipinski definition) is 6. The summed E-state index contributed by atoms with van der Waals surface area (Å²) in [6, 6.07) is 0. The number of hydrogen-bond donors (Lipinski definition) is 4. The Bertz CT molecular complexity index is 285. The fourth-order valence-electron chi connectivity index (χ4n) is 1.23. The molecular formula is C13H27N3O3. The van der Waals surface area contributed by atoms with Gasteiger partial charge in [0.25, 0.3) is 0 Å². The van der Waals surface area contributed by atoms with Crippen molar-refractivity contribution in [2.75, 3.05) is 26.7 Å². The maximum atomic E-state index is 9.63. The summed E-state index contributed by atoms with van der Waals surface area (Å²) in [4.78, 5) is 10.2. The molecule has 0 fully saturated rings. The van der Waals surface area contributed by atoms with Crippen LogP contribution in [0.25, 0.3) is 0 Å². The highest BCUT2D eigenvalue weighted by Crippen LogP contribution is 2.07. The summed E-state index contributed by atoms with van der Waals surface area (Å²) >= 11 is 0. The quantitative estimate of drug-likeness (QED) is 0.193. The molecule has 4 N–H and O–H groups in total. The third kappa shape index (κ3) is 10.5. The van der Waals surface area contributed by atoms with E-state index < -0.39 is 5.60 Å². The van der Waals surface area contributed by atoms with Gasteiger partial charge < -0.3 is 20.6 Å². The van der Waals surface area contributed by atoms with E-state index in [9.17, 15) is 5.11 Å². The van der Waals surface area contributed by atoms with Crippen LogP contribution in [0.4, 0.5) is 0 Å². The van der Waals surface area contributed by atoms with Crippen LogP contribution in [-0.2, 0) is 9.68 Å². The molecule has 0 aromatic rings. The van der Waals surface area contributed by atoms with E-state index in [0.717, 1.165) is 5.70 Å². The second-order valence-corrected chi connectivity index (χ2v) is 4.85. The molecule has 0 aliphatic carbocycles. The third-order valence-corrected chi connectivity index (χ3v) is 2.31. The van der Waals surface area contributed by atoms with E-state index in [1.54, 1.807) is 19.9 Å². The second-order valence-electron chi connectivity index (χ2n) is 4.85.